The third-order valence-electron chi connectivity index (χ3n) is 4.05. The summed E-state index contributed by atoms with van der Waals surface area (Å²) in [5.74, 6) is 0.831. The van der Waals surface area contributed by atoms with Crippen LogP contribution >= 0.6 is 0 Å². The monoisotopic (exact) mass is 300 g/mol. The fourth-order valence-corrected chi connectivity index (χ4v) is 2.80. The lowest BCUT2D eigenvalue weighted by Gasteiger charge is -2.13. The lowest BCUT2D eigenvalue weighted by molar-refractivity contribution is 0.0987. The minimum atomic E-state index is -0.294. The van der Waals surface area contributed by atoms with Gasteiger partial charge in [0.15, 0.2) is 0 Å². The first-order chi connectivity index (χ1) is 10.6. The zero-order valence-electron chi connectivity index (χ0n) is 13.1. The molecule has 1 N–H and O–H groups in total. The van der Waals surface area contributed by atoms with E-state index in [2.05, 4.69) is 16.5 Å². The molecule has 22 heavy (non-hydrogen) atoms. The molecule has 5 nitrogen and oxygen atoms in total. The number of hydrogen-bond acceptors (Lipinski definition) is 4. The quantitative estimate of drug-likeness (QED) is 0.938. The Kier molecular flexibility index (Phi) is 3.88. The Labute approximate surface area is 129 Å². The van der Waals surface area contributed by atoms with E-state index in [0.717, 1.165) is 36.2 Å². The number of hydrogen-bond donors (Lipinski definition) is 1. The highest BCUT2D eigenvalue weighted by Gasteiger charge is 2.22. The zero-order chi connectivity index (χ0) is 15.7. The maximum atomic E-state index is 12.4. The molecule has 116 valence electrons. The van der Waals surface area contributed by atoms with Gasteiger partial charge >= 0.3 is 0 Å². The number of aryl methyl sites for hydroxylation is 1. The molecule has 1 amide bonds. The van der Waals surface area contributed by atoms with Gasteiger partial charge in [-0.05, 0) is 42.4 Å². The lowest BCUT2D eigenvalue weighted by Crippen LogP contribution is -2.13. The highest BCUT2D eigenvalue weighted by molar-refractivity contribution is 6.03. The second-order valence-electron chi connectivity index (χ2n) is 5.86. The van der Waals surface area contributed by atoms with Crippen molar-refractivity contribution in [3.63, 3.8) is 0 Å². The van der Waals surface area contributed by atoms with E-state index in [1.165, 1.54) is 5.56 Å². The summed E-state index contributed by atoms with van der Waals surface area (Å²) < 4.78 is 10.5. The largest absolute Gasteiger partial charge is 0.495 e. The average Bonchev–Trinajstić information content (AvgIpc) is 3.16. The van der Waals surface area contributed by atoms with Crippen molar-refractivity contribution in [2.45, 2.75) is 39.0 Å². The molecule has 2 aromatic rings. The van der Waals surface area contributed by atoms with Crippen LogP contribution in [0, 0.1) is 0 Å². The maximum absolute atomic E-state index is 12.4. The first-order valence-electron chi connectivity index (χ1n) is 7.57. The molecule has 0 fully saturated rings. The predicted molar refractivity (Wildman–Crippen MR) is 83.6 cm³/mol. The van der Waals surface area contributed by atoms with Crippen molar-refractivity contribution in [1.29, 1.82) is 0 Å². The number of methoxy groups -OCH3 is 1. The van der Waals surface area contributed by atoms with Gasteiger partial charge in [-0.15, -0.1) is 0 Å². The number of ether oxygens (including phenoxy) is 1. The third-order valence-corrected chi connectivity index (χ3v) is 4.05. The van der Waals surface area contributed by atoms with E-state index >= 15 is 0 Å². The van der Waals surface area contributed by atoms with E-state index < -0.39 is 0 Å². The van der Waals surface area contributed by atoms with E-state index in [-0.39, 0.29) is 17.6 Å². The van der Waals surface area contributed by atoms with E-state index in [9.17, 15) is 4.79 Å². The Bertz CT molecular complexity index is 704. The number of carbonyl (C=O) groups excluding carboxylic acids is 1. The van der Waals surface area contributed by atoms with Crippen LogP contribution in [0.15, 0.2) is 22.7 Å². The number of fused-ring (bicyclic) bond motifs is 1. The summed E-state index contributed by atoms with van der Waals surface area (Å²) in [5.41, 5.74) is 3.97. The minimum absolute atomic E-state index is 0.223. The fourth-order valence-electron chi connectivity index (χ4n) is 2.80. The van der Waals surface area contributed by atoms with Gasteiger partial charge in [-0.2, -0.15) is 0 Å². The molecular weight excluding hydrogens is 280 g/mol. The number of amides is 1. The van der Waals surface area contributed by atoms with Crippen LogP contribution in [-0.2, 0) is 12.8 Å². The van der Waals surface area contributed by atoms with Crippen LogP contribution in [0.5, 0.6) is 5.75 Å². The van der Waals surface area contributed by atoms with Crippen molar-refractivity contribution in [2.24, 2.45) is 0 Å². The zero-order valence-corrected chi connectivity index (χ0v) is 13.1. The van der Waals surface area contributed by atoms with Crippen molar-refractivity contribution in [1.82, 2.24) is 5.16 Å². The van der Waals surface area contributed by atoms with Crippen molar-refractivity contribution < 1.29 is 14.1 Å². The topological polar surface area (TPSA) is 64.4 Å². The van der Waals surface area contributed by atoms with Crippen LogP contribution < -0.4 is 10.1 Å². The van der Waals surface area contributed by atoms with E-state index in [4.69, 9.17) is 9.26 Å². The lowest BCUT2D eigenvalue weighted by atomic mass is 10.1. The minimum Gasteiger partial charge on any atom is -0.495 e. The molecule has 1 aromatic carbocycles. The fraction of sp³-hybridized carbons (Fsp3) is 0.412. The molecule has 0 saturated heterocycles. The number of nitrogens with zero attached hydrogens (tertiary/aromatic N) is 1. The van der Waals surface area contributed by atoms with Gasteiger partial charge in [0, 0.05) is 6.07 Å². The number of benzene rings is 1. The Morgan fingerprint density at radius 2 is 2.18 bits per heavy atom. The molecule has 0 aliphatic heterocycles. The molecule has 1 aromatic heterocycles. The van der Waals surface area contributed by atoms with Crippen LogP contribution in [0.1, 0.15) is 53.6 Å². The van der Waals surface area contributed by atoms with Crippen LogP contribution in [0.25, 0.3) is 0 Å². The average molecular weight is 300 g/mol. The summed E-state index contributed by atoms with van der Waals surface area (Å²) >= 11 is 0. The molecule has 0 atom stereocenters. The van der Waals surface area contributed by atoms with Crippen molar-refractivity contribution in [3.05, 3.63) is 40.8 Å². The van der Waals surface area contributed by atoms with Crippen LogP contribution in [0.3, 0.4) is 0 Å². The second kappa shape index (κ2) is 5.83. The van der Waals surface area contributed by atoms with Crippen molar-refractivity contribution >= 4 is 11.6 Å². The summed E-state index contributed by atoms with van der Waals surface area (Å²) in [6.07, 6.45) is 3.10. The summed E-state index contributed by atoms with van der Waals surface area (Å²) in [4.78, 5) is 12.4. The summed E-state index contributed by atoms with van der Waals surface area (Å²) in [6.45, 7) is 4.01. The number of anilines is 1. The second-order valence-corrected chi connectivity index (χ2v) is 5.86. The number of rotatable bonds is 4. The molecule has 0 spiro atoms. The number of aromatic nitrogens is 1. The molecule has 0 unspecified atom stereocenters. The molecular formula is C17H20N2O3. The highest BCUT2D eigenvalue weighted by Crippen LogP contribution is 2.36. The Morgan fingerprint density at radius 1 is 1.36 bits per heavy atom. The Hall–Kier alpha value is -2.30. The van der Waals surface area contributed by atoms with Gasteiger partial charge in [-0.3, -0.25) is 4.79 Å². The van der Waals surface area contributed by atoms with Gasteiger partial charge in [-0.1, -0.05) is 25.1 Å². The van der Waals surface area contributed by atoms with Crippen molar-refractivity contribution in [3.8, 4) is 5.75 Å². The SMILES string of the molecule is COc1ccc2c(c1NC(=O)c1cc(C(C)C)no1)CCC2. The van der Waals surface area contributed by atoms with E-state index in [0.29, 0.717) is 5.75 Å². The molecule has 5 heteroatoms. The van der Waals surface area contributed by atoms with Gasteiger partial charge in [0.1, 0.15) is 5.75 Å². The van der Waals surface area contributed by atoms with Gasteiger partial charge in [0.2, 0.25) is 5.76 Å². The molecule has 0 bridgehead atoms. The molecule has 0 radical (unpaired) electrons. The van der Waals surface area contributed by atoms with Crippen LogP contribution in [0.4, 0.5) is 5.69 Å². The van der Waals surface area contributed by atoms with Gasteiger partial charge in [0.25, 0.3) is 5.91 Å². The third kappa shape index (κ3) is 2.58. The smallest absolute Gasteiger partial charge is 0.294 e. The van der Waals surface area contributed by atoms with Gasteiger partial charge in [-0.25, -0.2) is 0 Å². The molecule has 1 aliphatic carbocycles. The number of nitrogens with one attached hydrogen (secondary N) is 1. The molecule has 1 heterocycles. The van der Waals surface area contributed by atoms with Crippen LogP contribution in [-0.4, -0.2) is 18.2 Å². The van der Waals surface area contributed by atoms with Crippen LogP contribution in [0.2, 0.25) is 0 Å². The highest BCUT2D eigenvalue weighted by atomic mass is 16.5. The molecule has 0 saturated carbocycles. The summed E-state index contributed by atoms with van der Waals surface area (Å²) in [6, 6.07) is 5.66. The predicted octanol–water partition coefficient (Wildman–Crippen LogP) is 3.55. The first-order valence-corrected chi connectivity index (χ1v) is 7.57. The summed E-state index contributed by atoms with van der Waals surface area (Å²) in [5, 5.41) is 6.86. The first kappa shape index (κ1) is 14.6. The van der Waals surface area contributed by atoms with Gasteiger partial charge < -0.3 is 14.6 Å². The standard InChI is InChI=1S/C17H20N2O3/c1-10(2)13-9-15(22-19-13)17(20)18-16-12-6-4-5-11(12)7-8-14(16)21-3/h7-10H,4-6H2,1-3H3,(H,18,20). The number of carbonyl (C=O) groups is 1. The van der Waals surface area contributed by atoms with E-state index in [1.807, 2.05) is 19.9 Å². The normalized spacial score (nSPS) is 13.3. The van der Waals surface area contributed by atoms with Crippen molar-refractivity contribution in [2.75, 3.05) is 12.4 Å². The molecule has 1 aliphatic rings. The Morgan fingerprint density at radius 3 is 2.86 bits per heavy atom. The molecule has 3 rings (SSSR count). The van der Waals surface area contributed by atoms with E-state index in [1.54, 1.807) is 13.2 Å². The summed E-state index contributed by atoms with van der Waals surface area (Å²) in [7, 11) is 1.61. The maximum Gasteiger partial charge on any atom is 0.294 e. The van der Waals surface area contributed by atoms with Gasteiger partial charge in [0.05, 0.1) is 18.5 Å². The Balaban J connectivity index is 1.89.